The fourth-order valence-corrected chi connectivity index (χ4v) is 2.07. The van der Waals surface area contributed by atoms with Crippen LogP contribution < -0.4 is 10.6 Å². The van der Waals surface area contributed by atoms with Crippen LogP contribution in [0, 0.1) is 5.82 Å². The summed E-state index contributed by atoms with van der Waals surface area (Å²) in [6.07, 6.45) is -0.827. The van der Waals surface area contributed by atoms with Gasteiger partial charge in [-0.2, -0.15) is 0 Å². The Morgan fingerprint density at radius 3 is 2.65 bits per heavy atom. The zero-order valence-corrected chi connectivity index (χ0v) is 12.4. The zero-order valence-electron chi connectivity index (χ0n) is 10.9. The van der Waals surface area contributed by atoms with E-state index in [0.29, 0.717) is 10.6 Å². The van der Waals surface area contributed by atoms with E-state index in [1.165, 1.54) is 12.1 Å². The third-order valence-electron chi connectivity index (χ3n) is 2.61. The molecule has 8 heteroatoms. The number of methoxy groups -OCH3 is 1. The second-order valence-corrected chi connectivity index (χ2v) is 4.87. The third-order valence-corrected chi connectivity index (χ3v) is 3.23. The highest BCUT2D eigenvalue weighted by atomic mass is 35.5. The number of carbonyl (C=O) groups is 2. The van der Waals surface area contributed by atoms with Crippen LogP contribution in [0.4, 0.5) is 9.18 Å². The molecule has 0 radical (unpaired) electrons. The van der Waals surface area contributed by atoms with Gasteiger partial charge in [-0.3, -0.25) is 10.1 Å². The van der Waals surface area contributed by atoms with E-state index in [4.69, 9.17) is 23.2 Å². The topological polar surface area (TPSA) is 72.0 Å². The van der Waals surface area contributed by atoms with Crippen LogP contribution in [-0.4, -0.2) is 25.7 Å². The Morgan fingerprint density at radius 2 is 2.05 bits per heavy atom. The van der Waals surface area contributed by atoms with Crippen molar-refractivity contribution in [1.82, 2.24) is 5.32 Å². The van der Waals surface area contributed by atoms with Gasteiger partial charge in [-0.1, -0.05) is 23.2 Å². The number of nitrogens with two attached hydrogens (primary N) is 1. The number of nitrogens with one attached hydrogen (secondary N) is 1. The van der Waals surface area contributed by atoms with E-state index in [1.807, 2.05) is 5.32 Å². The normalized spacial score (nSPS) is 11.8. The molecule has 0 bridgehead atoms. The first kappa shape index (κ1) is 16.7. The predicted octanol–water partition coefficient (Wildman–Crippen LogP) is 1.64. The number of imide groups is 1. The Hall–Kier alpha value is -1.37. The number of ether oxygens (including phenoxy) is 1. The molecule has 0 saturated carbocycles. The van der Waals surface area contributed by atoms with Crippen molar-refractivity contribution < 1.29 is 24.0 Å². The Balaban J connectivity index is 2.63. The Morgan fingerprint density at radius 1 is 1.40 bits per heavy atom. The van der Waals surface area contributed by atoms with Gasteiger partial charge in [0, 0.05) is 5.56 Å². The van der Waals surface area contributed by atoms with Gasteiger partial charge in [0.05, 0.1) is 17.2 Å². The smallest absolute Gasteiger partial charge is 0.413 e. The SMILES string of the molecule is COC(=O)NC(=O)C[NH2+][C@H](C)c1cc(F)c(Cl)cc1Cl. The molecular weight excluding hydrogens is 310 g/mol. The van der Waals surface area contributed by atoms with Crippen LogP contribution in [0.1, 0.15) is 18.5 Å². The van der Waals surface area contributed by atoms with Gasteiger partial charge in [-0.15, -0.1) is 0 Å². The predicted molar refractivity (Wildman–Crippen MR) is 72.2 cm³/mol. The molecule has 1 aromatic rings. The van der Waals surface area contributed by atoms with Crippen molar-refractivity contribution in [2.75, 3.05) is 13.7 Å². The minimum Gasteiger partial charge on any atom is -0.453 e. The number of halogens is 3. The first-order chi connectivity index (χ1) is 9.35. The summed E-state index contributed by atoms with van der Waals surface area (Å²) in [4.78, 5) is 22.2. The van der Waals surface area contributed by atoms with Crippen molar-refractivity contribution in [3.05, 3.63) is 33.6 Å². The average Bonchev–Trinajstić information content (AvgIpc) is 2.40. The van der Waals surface area contributed by atoms with Crippen LogP contribution in [-0.2, 0) is 9.53 Å². The number of hydrogen-bond donors (Lipinski definition) is 2. The van der Waals surface area contributed by atoms with Gasteiger partial charge in [0.25, 0.3) is 5.91 Å². The molecule has 0 aliphatic carbocycles. The van der Waals surface area contributed by atoms with Gasteiger partial charge >= 0.3 is 6.09 Å². The molecule has 0 saturated heterocycles. The number of amides is 2. The number of hydrogen-bond acceptors (Lipinski definition) is 3. The molecule has 0 aliphatic heterocycles. The minimum absolute atomic E-state index is 0.0309. The van der Waals surface area contributed by atoms with Crippen molar-refractivity contribution in [2.24, 2.45) is 0 Å². The van der Waals surface area contributed by atoms with Crippen molar-refractivity contribution in [2.45, 2.75) is 13.0 Å². The van der Waals surface area contributed by atoms with Crippen molar-refractivity contribution in [3.8, 4) is 0 Å². The lowest BCUT2D eigenvalue weighted by Crippen LogP contribution is -2.87. The average molecular weight is 324 g/mol. The van der Waals surface area contributed by atoms with Crippen LogP contribution in [0.2, 0.25) is 10.0 Å². The first-order valence-electron chi connectivity index (χ1n) is 5.70. The Labute approximate surface area is 125 Å². The number of carbonyl (C=O) groups excluding carboxylic acids is 2. The van der Waals surface area contributed by atoms with Crippen LogP contribution in [0.15, 0.2) is 12.1 Å². The highest BCUT2D eigenvalue weighted by Crippen LogP contribution is 2.27. The quantitative estimate of drug-likeness (QED) is 0.827. The number of quaternary nitrogens is 1. The maximum Gasteiger partial charge on any atom is 0.413 e. The van der Waals surface area contributed by atoms with Gasteiger partial charge < -0.3 is 10.1 Å². The van der Waals surface area contributed by atoms with Crippen LogP contribution >= 0.6 is 23.2 Å². The monoisotopic (exact) mass is 323 g/mol. The lowest BCUT2D eigenvalue weighted by atomic mass is 10.1. The lowest BCUT2D eigenvalue weighted by molar-refractivity contribution is -0.682. The molecule has 2 amide bonds. The van der Waals surface area contributed by atoms with E-state index in [9.17, 15) is 14.0 Å². The molecular formula is C12H14Cl2FN2O3+. The second kappa shape index (κ2) is 7.42. The molecule has 3 N–H and O–H groups in total. The summed E-state index contributed by atoms with van der Waals surface area (Å²) in [5.74, 6) is -1.10. The van der Waals surface area contributed by atoms with Crippen LogP contribution in [0.25, 0.3) is 0 Å². The highest BCUT2D eigenvalue weighted by molar-refractivity contribution is 6.35. The van der Waals surface area contributed by atoms with E-state index in [-0.39, 0.29) is 17.6 Å². The highest BCUT2D eigenvalue weighted by Gasteiger charge is 2.18. The van der Waals surface area contributed by atoms with Gasteiger partial charge in [-0.05, 0) is 19.1 Å². The van der Waals surface area contributed by atoms with Gasteiger partial charge in [-0.25, -0.2) is 9.18 Å². The fraction of sp³-hybridized carbons (Fsp3) is 0.333. The molecule has 20 heavy (non-hydrogen) atoms. The molecule has 0 unspecified atom stereocenters. The number of benzene rings is 1. The summed E-state index contributed by atoms with van der Waals surface area (Å²) in [5.41, 5.74) is 0.513. The summed E-state index contributed by atoms with van der Waals surface area (Å²) < 4.78 is 17.7. The Bertz CT molecular complexity index is 526. The van der Waals surface area contributed by atoms with Crippen molar-refractivity contribution >= 4 is 35.2 Å². The molecule has 0 fully saturated rings. The van der Waals surface area contributed by atoms with Crippen molar-refractivity contribution in [1.29, 1.82) is 0 Å². The largest absolute Gasteiger partial charge is 0.453 e. The number of alkyl carbamates (subject to hydrolysis) is 1. The summed E-state index contributed by atoms with van der Waals surface area (Å²) >= 11 is 11.6. The molecule has 1 atom stereocenters. The van der Waals surface area contributed by atoms with E-state index >= 15 is 0 Å². The maximum atomic E-state index is 13.4. The minimum atomic E-state index is -0.827. The van der Waals surface area contributed by atoms with Gasteiger partial charge in [0.1, 0.15) is 11.9 Å². The van der Waals surface area contributed by atoms with Crippen LogP contribution in [0.5, 0.6) is 0 Å². The maximum absolute atomic E-state index is 13.4. The first-order valence-corrected chi connectivity index (χ1v) is 6.46. The van der Waals surface area contributed by atoms with E-state index in [0.717, 1.165) is 7.11 Å². The van der Waals surface area contributed by atoms with E-state index in [1.54, 1.807) is 12.2 Å². The Kier molecular flexibility index (Phi) is 6.19. The molecule has 1 rings (SSSR count). The molecule has 0 aromatic heterocycles. The zero-order chi connectivity index (χ0) is 15.3. The molecule has 0 spiro atoms. The number of rotatable bonds is 4. The molecule has 5 nitrogen and oxygen atoms in total. The fourth-order valence-electron chi connectivity index (χ4n) is 1.51. The molecule has 110 valence electrons. The summed E-state index contributed by atoms with van der Waals surface area (Å²) in [6.45, 7) is 1.72. The standard InChI is InChI=1S/C12H13Cl2FN2O3/c1-6(16-5-11(18)17-12(19)20-2)7-3-10(15)9(14)4-8(7)13/h3-4,6,16H,5H2,1-2H3,(H,17,18,19)/p+1/t6-/m1/s1. The third kappa shape index (κ3) is 4.63. The molecule has 0 aliphatic rings. The second-order valence-electron chi connectivity index (χ2n) is 4.06. The van der Waals surface area contributed by atoms with E-state index in [2.05, 4.69) is 4.74 Å². The summed E-state index contributed by atoms with van der Waals surface area (Å²) in [5, 5.41) is 3.87. The summed E-state index contributed by atoms with van der Waals surface area (Å²) in [6, 6.07) is 2.26. The van der Waals surface area contributed by atoms with Gasteiger partial charge in [0.2, 0.25) is 0 Å². The van der Waals surface area contributed by atoms with Gasteiger partial charge in [0.15, 0.2) is 6.54 Å². The van der Waals surface area contributed by atoms with E-state index < -0.39 is 17.8 Å². The molecule has 0 heterocycles. The molecule has 1 aromatic carbocycles. The van der Waals surface area contributed by atoms with Crippen molar-refractivity contribution in [3.63, 3.8) is 0 Å². The lowest BCUT2D eigenvalue weighted by Gasteiger charge is -2.13. The van der Waals surface area contributed by atoms with Crippen LogP contribution in [0.3, 0.4) is 0 Å². The summed E-state index contributed by atoms with van der Waals surface area (Å²) in [7, 11) is 1.16.